The van der Waals surface area contributed by atoms with Crippen LogP contribution >= 0.6 is 0 Å². The summed E-state index contributed by atoms with van der Waals surface area (Å²) in [4.78, 5) is 0. The van der Waals surface area contributed by atoms with E-state index in [2.05, 4.69) is 36.3 Å². The lowest BCUT2D eigenvalue weighted by Crippen LogP contribution is -2.20. The van der Waals surface area contributed by atoms with Gasteiger partial charge in [-0.15, -0.1) is 0 Å². The highest BCUT2D eigenvalue weighted by Crippen LogP contribution is 2.24. The summed E-state index contributed by atoms with van der Waals surface area (Å²) in [6, 6.07) is 8.63. The van der Waals surface area contributed by atoms with E-state index in [9.17, 15) is 0 Å². The molecule has 17 heavy (non-hydrogen) atoms. The number of aromatic nitrogens is 2. The molecular weight excluding hydrogens is 210 g/mol. The predicted molar refractivity (Wildman–Crippen MR) is 70.7 cm³/mol. The second kappa shape index (κ2) is 4.72. The van der Waals surface area contributed by atoms with Gasteiger partial charge < -0.3 is 5.73 Å². The standard InChI is InChI=1S/C14H19N3/c1-10-5-4-6-12(7-10)13-9-16-17(3)14(13)8-11(2)15/h4-7,9,11H,8,15H2,1-3H3. The van der Waals surface area contributed by atoms with E-state index in [1.165, 1.54) is 22.4 Å². The highest BCUT2D eigenvalue weighted by molar-refractivity contribution is 5.66. The molecule has 0 bridgehead atoms. The van der Waals surface area contributed by atoms with Crippen molar-refractivity contribution in [2.75, 3.05) is 0 Å². The first kappa shape index (κ1) is 11.9. The molecule has 3 heteroatoms. The molecule has 90 valence electrons. The van der Waals surface area contributed by atoms with Crippen molar-refractivity contribution in [3.05, 3.63) is 41.7 Å². The Hall–Kier alpha value is -1.61. The normalized spacial score (nSPS) is 12.7. The Morgan fingerprint density at radius 2 is 2.18 bits per heavy atom. The number of benzene rings is 1. The minimum atomic E-state index is 0.147. The maximum absolute atomic E-state index is 5.89. The summed E-state index contributed by atoms with van der Waals surface area (Å²) < 4.78 is 1.92. The second-order valence-electron chi connectivity index (χ2n) is 4.68. The van der Waals surface area contributed by atoms with E-state index < -0.39 is 0 Å². The molecule has 1 aromatic carbocycles. The first-order valence-corrected chi connectivity index (χ1v) is 5.91. The van der Waals surface area contributed by atoms with Crippen molar-refractivity contribution in [2.24, 2.45) is 12.8 Å². The summed E-state index contributed by atoms with van der Waals surface area (Å²) in [5.74, 6) is 0. The van der Waals surface area contributed by atoms with Gasteiger partial charge in [0, 0.05) is 30.8 Å². The molecule has 0 aliphatic heterocycles. The zero-order chi connectivity index (χ0) is 12.4. The van der Waals surface area contributed by atoms with Gasteiger partial charge in [0.25, 0.3) is 0 Å². The Kier molecular flexibility index (Phi) is 3.29. The van der Waals surface area contributed by atoms with Gasteiger partial charge in [-0.1, -0.05) is 29.8 Å². The number of nitrogens with two attached hydrogens (primary N) is 1. The third-order valence-electron chi connectivity index (χ3n) is 2.91. The molecule has 0 saturated carbocycles. The van der Waals surface area contributed by atoms with Gasteiger partial charge in [-0.05, 0) is 19.4 Å². The van der Waals surface area contributed by atoms with Crippen molar-refractivity contribution < 1.29 is 0 Å². The van der Waals surface area contributed by atoms with Crippen molar-refractivity contribution in [2.45, 2.75) is 26.3 Å². The van der Waals surface area contributed by atoms with E-state index in [4.69, 9.17) is 5.73 Å². The van der Waals surface area contributed by atoms with Crippen LogP contribution < -0.4 is 5.73 Å². The molecule has 0 spiro atoms. The molecule has 0 fully saturated rings. The van der Waals surface area contributed by atoms with E-state index >= 15 is 0 Å². The quantitative estimate of drug-likeness (QED) is 0.877. The molecule has 0 saturated heterocycles. The van der Waals surface area contributed by atoms with Crippen molar-refractivity contribution in [3.8, 4) is 11.1 Å². The van der Waals surface area contributed by atoms with Crippen LogP contribution in [0.25, 0.3) is 11.1 Å². The Labute approximate surface area is 102 Å². The fourth-order valence-corrected chi connectivity index (χ4v) is 2.06. The van der Waals surface area contributed by atoms with E-state index in [0.717, 1.165) is 6.42 Å². The van der Waals surface area contributed by atoms with E-state index in [0.29, 0.717) is 0 Å². The minimum absolute atomic E-state index is 0.147. The molecule has 0 aliphatic carbocycles. The van der Waals surface area contributed by atoms with E-state index in [1.54, 1.807) is 0 Å². The van der Waals surface area contributed by atoms with Crippen LogP contribution in [-0.4, -0.2) is 15.8 Å². The lowest BCUT2D eigenvalue weighted by Gasteiger charge is -2.09. The first-order chi connectivity index (χ1) is 8.08. The van der Waals surface area contributed by atoms with Gasteiger partial charge in [0.15, 0.2) is 0 Å². The fraction of sp³-hybridized carbons (Fsp3) is 0.357. The molecule has 1 heterocycles. The SMILES string of the molecule is Cc1cccc(-c2cnn(C)c2CC(C)N)c1. The zero-order valence-electron chi connectivity index (χ0n) is 10.6. The number of aryl methyl sites for hydroxylation is 2. The van der Waals surface area contributed by atoms with E-state index in [1.807, 2.05) is 24.9 Å². The second-order valence-corrected chi connectivity index (χ2v) is 4.68. The predicted octanol–water partition coefficient (Wildman–Crippen LogP) is 2.29. The van der Waals surface area contributed by atoms with Crippen LogP contribution in [0.2, 0.25) is 0 Å². The average molecular weight is 229 g/mol. The molecule has 0 aliphatic rings. The van der Waals surface area contributed by atoms with Crippen LogP contribution in [0, 0.1) is 6.92 Å². The third-order valence-corrected chi connectivity index (χ3v) is 2.91. The molecule has 0 amide bonds. The largest absolute Gasteiger partial charge is 0.328 e. The molecule has 1 atom stereocenters. The van der Waals surface area contributed by atoms with Gasteiger partial charge >= 0.3 is 0 Å². The highest BCUT2D eigenvalue weighted by Gasteiger charge is 2.12. The van der Waals surface area contributed by atoms with Gasteiger partial charge in [-0.25, -0.2) is 0 Å². The maximum atomic E-state index is 5.89. The monoisotopic (exact) mass is 229 g/mol. The van der Waals surface area contributed by atoms with E-state index in [-0.39, 0.29) is 6.04 Å². The summed E-state index contributed by atoms with van der Waals surface area (Å²) in [6.45, 7) is 4.12. The summed E-state index contributed by atoms with van der Waals surface area (Å²) >= 11 is 0. The Balaban J connectivity index is 2.45. The van der Waals surface area contributed by atoms with Gasteiger partial charge in [0.05, 0.1) is 6.20 Å². The third kappa shape index (κ3) is 2.56. The number of rotatable bonds is 3. The topological polar surface area (TPSA) is 43.8 Å². The molecule has 2 N–H and O–H groups in total. The van der Waals surface area contributed by atoms with Gasteiger partial charge in [0.2, 0.25) is 0 Å². The van der Waals surface area contributed by atoms with Gasteiger partial charge in [-0.3, -0.25) is 4.68 Å². The van der Waals surface area contributed by atoms with Crippen molar-refractivity contribution in [3.63, 3.8) is 0 Å². The summed E-state index contributed by atoms with van der Waals surface area (Å²) in [5, 5.41) is 4.34. The summed E-state index contributed by atoms with van der Waals surface area (Å²) in [5.41, 5.74) is 10.8. The smallest absolute Gasteiger partial charge is 0.0571 e. The lowest BCUT2D eigenvalue weighted by molar-refractivity contribution is 0.651. The minimum Gasteiger partial charge on any atom is -0.328 e. The zero-order valence-corrected chi connectivity index (χ0v) is 10.6. The average Bonchev–Trinajstić information content (AvgIpc) is 2.60. The molecule has 2 rings (SSSR count). The Morgan fingerprint density at radius 3 is 2.82 bits per heavy atom. The van der Waals surface area contributed by atoms with Crippen LogP contribution in [0.3, 0.4) is 0 Å². The highest BCUT2D eigenvalue weighted by atomic mass is 15.3. The van der Waals surface area contributed by atoms with Crippen LogP contribution in [0.1, 0.15) is 18.2 Å². The summed E-state index contributed by atoms with van der Waals surface area (Å²) in [6.07, 6.45) is 2.77. The Bertz CT molecular complexity index is 512. The first-order valence-electron chi connectivity index (χ1n) is 5.91. The van der Waals surface area contributed by atoms with Crippen molar-refractivity contribution >= 4 is 0 Å². The lowest BCUT2D eigenvalue weighted by atomic mass is 10.0. The van der Waals surface area contributed by atoms with Crippen molar-refractivity contribution in [1.29, 1.82) is 0 Å². The van der Waals surface area contributed by atoms with Crippen LogP contribution in [-0.2, 0) is 13.5 Å². The Morgan fingerprint density at radius 1 is 1.41 bits per heavy atom. The molecule has 2 aromatic rings. The van der Waals surface area contributed by atoms with Crippen LogP contribution in [0.4, 0.5) is 0 Å². The summed E-state index contributed by atoms with van der Waals surface area (Å²) in [7, 11) is 1.97. The van der Waals surface area contributed by atoms with Gasteiger partial charge in [-0.2, -0.15) is 5.10 Å². The molecular formula is C14H19N3. The van der Waals surface area contributed by atoms with Crippen LogP contribution in [0.15, 0.2) is 30.5 Å². The van der Waals surface area contributed by atoms with Gasteiger partial charge in [0.1, 0.15) is 0 Å². The molecule has 1 unspecified atom stereocenters. The molecule has 3 nitrogen and oxygen atoms in total. The maximum Gasteiger partial charge on any atom is 0.0571 e. The fourth-order valence-electron chi connectivity index (χ4n) is 2.06. The van der Waals surface area contributed by atoms with Crippen molar-refractivity contribution in [1.82, 2.24) is 9.78 Å². The van der Waals surface area contributed by atoms with Crippen LogP contribution in [0.5, 0.6) is 0 Å². The number of nitrogens with zero attached hydrogens (tertiary/aromatic N) is 2. The number of hydrogen-bond acceptors (Lipinski definition) is 2. The number of hydrogen-bond donors (Lipinski definition) is 1. The molecule has 1 aromatic heterocycles. The molecule has 0 radical (unpaired) electrons.